The lowest BCUT2D eigenvalue weighted by Crippen LogP contribution is -2.07. The maximum Gasteiger partial charge on any atom is 0.250 e. The molecule has 0 aliphatic heterocycles. The van der Waals surface area contributed by atoms with Gasteiger partial charge in [-0.2, -0.15) is 0 Å². The van der Waals surface area contributed by atoms with Crippen molar-refractivity contribution in [3.63, 3.8) is 0 Å². The lowest BCUT2D eigenvalue weighted by Gasteiger charge is -2.01. The first kappa shape index (κ1) is 16.0. The summed E-state index contributed by atoms with van der Waals surface area (Å²) in [6, 6.07) is 11.2. The van der Waals surface area contributed by atoms with Gasteiger partial charge in [-0.3, -0.25) is 10.1 Å². The number of carbonyl (C=O) groups excluding carboxylic acids is 1. The number of carbonyl (C=O) groups is 1. The van der Waals surface area contributed by atoms with Gasteiger partial charge < -0.3 is 9.15 Å². The zero-order chi connectivity index (χ0) is 16.9. The van der Waals surface area contributed by atoms with Crippen LogP contribution in [0.3, 0.4) is 0 Å². The molecule has 0 saturated carbocycles. The van der Waals surface area contributed by atoms with E-state index in [4.69, 9.17) is 9.15 Å². The molecule has 3 rings (SSSR count). The summed E-state index contributed by atoms with van der Waals surface area (Å²) in [5.74, 6) is 1.17. The third-order valence-corrected chi connectivity index (χ3v) is 4.22. The molecule has 1 aromatic carbocycles. The van der Waals surface area contributed by atoms with Crippen LogP contribution in [0.15, 0.2) is 53.2 Å². The van der Waals surface area contributed by atoms with Gasteiger partial charge in [0, 0.05) is 16.5 Å². The number of hydrogen-bond donors (Lipinski definition) is 1. The van der Waals surface area contributed by atoms with Crippen molar-refractivity contribution >= 4 is 28.5 Å². The van der Waals surface area contributed by atoms with E-state index in [1.807, 2.05) is 31.2 Å². The second-order valence-electron chi connectivity index (χ2n) is 4.99. The molecule has 1 amide bonds. The number of aromatic nitrogens is 1. The molecule has 3 aromatic rings. The summed E-state index contributed by atoms with van der Waals surface area (Å²) < 4.78 is 10.3. The van der Waals surface area contributed by atoms with Gasteiger partial charge in [0.15, 0.2) is 5.13 Å². The Balaban J connectivity index is 1.72. The molecule has 122 valence electrons. The van der Waals surface area contributed by atoms with Gasteiger partial charge in [0.05, 0.1) is 19.1 Å². The number of rotatable bonds is 5. The monoisotopic (exact) mass is 340 g/mol. The highest BCUT2D eigenvalue weighted by Gasteiger charge is 2.11. The molecule has 1 N–H and O–H groups in total. The number of amides is 1. The number of benzene rings is 1. The summed E-state index contributed by atoms with van der Waals surface area (Å²) >= 11 is 1.44. The molecule has 6 heteroatoms. The molecule has 0 atom stereocenters. The van der Waals surface area contributed by atoms with Gasteiger partial charge in [0.25, 0.3) is 0 Å². The van der Waals surface area contributed by atoms with Crippen LogP contribution in [0.2, 0.25) is 0 Å². The first-order chi connectivity index (χ1) is 11.7. The highest BCUT2D eigenvalue weighted by atomic mass is 32.1. The predicted octanol–water partition coefficient (Wildman–Crippen LogP) is 4.37. The average Bonchev–Trinajstić information content (AvgIpc) is 3.23. The minimum atomic E-state index is -0.249. The normalized spacial score (nSPS) is 10.9. The minimum Gasteiger partial charge on any atom is -0.497 e. The highest BCUT2D eigenvalue weighted by molar-refractivity contribution is 7.16. The molecule has 0 bridgehead atoms. The van der Waals surface area contributed by atoms with Crippen molar-refractivity contribution in [2.24, 2.45) is 0 Å². The standard InChI is InChI=1S/C18H16N2O3S/c1-12-17(13-5-7-14(22-2)8-6-13)20-18(24-12)19-16(21)10-9-15-4-3-11-23-15/h3-11H,1-2H3,(H,19,20,21)/b10-9+. The van der Waals surface area contributed by atoms with E-state index in [-0.39, 0.29) is 5.91 Å². The van der Waals surface area contributed by atoms with E-state index in [9.17, 15) is 4.79 Å². The van der Waals surface area contributed by atoms with Crippen molar-refractivity contribution in [1.82, 2.24) is 4.98 Å². The van der Waals surface area contributed by atoms with Gasteiger partial charge >= 0.3 is 0 Å². The number of aryl methyl sites for hydroxylation is 1. The van der Waals surface area contributed by atoms with E-state index in [1.54, 1.807) is 31.6 Å². The van der Waals surface area contributed by atoms with Crippen LogP contribution in [0.5, 0.6) is 5.75 Å². The Morgan fingerprint density at radius 2 is 2.08 bits per heavy atom. The number of thiazole rings is 1. The Hall–Kier alpha value is -2.86. The smallest absolute Gasteiger partial charge is 0.250 e. The van der Waals surface area contributed by atoms with E-state index in [0.29, 0.717) is 10.9 Å². The van der Waals surface area contributed by atoms with Crippen molar-refractivity contribution in [2.75, 3.05) is 12.4 Å². The Morgan fingerprint density at radius 1 is 1.29 bits per heavy atom. The zero-order valence-electron chi connectivity index (χ0n) is 13.3. The molecule has 0 aliphatic rings. The molecule has 0 radical (unpaired) electrons. The van der Waals surface area contributed by atoms with Crippen molar-refractivity contribution in [1.29, 1.82) is 0 Å². The maximum atomic E-state index is 12.0. The zero-order valence-corrected chi connectivity index (χ0v) is 14.1. The third-order valence-electron chi connectivity index (χ3n) is 3.33. The van der Waals surface area contributed by atoms with Gasteiger partial charge in [-0.25, -0.2) is 4.98 Å². The van der Waals surface area contributed by atoms with Gasteiger partial charge in [0.2, 0.25) is 5.91 Å². The summed E-state index contributed by atoms with van der Waals surface area (Å²) in [6.07, 6.45) is 4.59. The predicted molar refractivity (Wildman–Crippen MR) is 95.2 cm³/mol. The second kappa shape index (κ2) is 7.14. The van der Waals surface area contributed by atoms with E-state index in [1.165, 1.54) is 17.4 Å². The van der Waals surface area contributed by atoms with Crippen LogP contribution >= 0.6 is 11.3 Å². The van der Waals surface area contributed by atoms with Crippen LogP contribution in [-0.4, -0.2) is 18.0 Å². The van der Waals surface area contributed by atoms with Gasteiger partial charge in [-0.05, 0) is 49.4 Å². The quantitative estimate of drug-likeness (QED) is 0.700. The molecule has 2 aromatic heterocycles. The summed E-state index contributed by atoms with van der Waals surface area (Å²) in [7, 11) is 1.63. The number of nitrogens with one attached hydrogen (secondary N) is 1. The van der Waals surface area contributed by atoms with Crippen LogP contribution < -0.4 is 10.1 Å². The van der Waals surface area contributed by atoms with Crippen LogP contribution in [-0.2, 0) is 4.79 Å². The second-order valence-corrected chi connectivity index (χ2v) is 6.19. The first-order valence-electron chi connectivity index (χ1n) is 7.30. The number of nitrogens with zero attached hydrogens (tertiary/aromatic N) is 1. The molecule has 0 aliphatic carbocycles. The summed E-state index contributed by atoms with van der Waals surface area (Å²) in [4.78, 5) is 17.5. The van der Waals surface area contributed by atoms with Gasteiger partial charge in [0.1, 0.15) is 11.5 Å². The molecule has 24 heavy (non-hydrogen) atoms. The van der Waals surface area contributed by atoms with Crippen LogP contribution in [0, 0.1) is 6.92 Å². The fourth-order valence-electron chi connectivity index (χ4n) is 2.16. The van der Waals surface area contributed by atoms with E-state index < -0.39 is 0 Å². The first-order valence-corrected chi connectivity index (χ1v) is 8.12. The van der Waals surface area contributed by atoms with E-state index >= 15 is 0 Å². The average molecular weight is 340 g/mol. The van der Waals surface area contributed by atoms with Crippen LogP contribution in [0.25, 0.3) is 17.3 Å². The Bertz CT molecular complexity index is 849. The van der Waals surface area contributed by atoms with Crippen molar-refractivity contribution in [3.05, 3.63) is 59.4 Å². The van der Waals surface area contributed by atoms with Gasteiger partial charge in [-0.15, -0.1) is 11.3 Å². The molecular formula is C18H16N2O3S. The van der Waals surface area contributed by atoms with Crippen molar-refractivity contribution in [2.45, 2.75) is 6.92 Å². The molecule has 0 unspecified atom stereocenters. The third kappa shape index (κ3) is 3.72. The molecular weight excluding hydrogens is 324 g/mol. The molecule has 0 saturated heterocycles. The number of ether oxygens (including phenoxy) is 1. The minimum absolute atomic E-state index is 0.249. The number of anilines is 1. The largest absolute Gasteiger partial charge is 0.497 e. The highest BCUT2D eigenvalue weighted by Crippen LogP contribution is 2.31. The fraction of sp³-hybridized carbons (Fsp3) is 0.111. The number of methoxy groups -OCH3 is 1. The maximum absolute atomic E-state index is 12.0. The van der Waals surface area contributed by atoms with E-state index in [0.717, 1.165) is 21.9 Å². The summed E-state index contributed by atoms with van der Waals surface area (Å²) in [5.41, 5.74) is 1.84. The Morgan fingerprint density at radius 3 is 2.75 bits per heavy atom. The van der Waals surface area contributed by atoms with Crippen molar-refractivity contribution in [3.8, 4) is 17.0 Å². The Kier molecular flexibility index (Phi) is 4.77. The van der Waals surface area contributed by atoms with Crippen LogP contribution in [0.1, 0.15) is 10.6 Å². The SMILES string of the molecule is COc1ccc(-c2nc(NC(=O)/C=C/c3ccco3)sc2C)cc1. The van der Waals surface area contributed by atoms with Crippen molar-refractivity contribution < 1.29 is 13.9 Å². The lowest BCUT2D eigenvalue weighted by atomic mass is 10.1. The summed E-state index contributed by atoms with van der Waals surface area (Å²) in [5, 5.41) is 3.34. The topological polar surface area (TPSA) is 64.4 Å². The molecule has 0 fully saturated rings. The Labute approximate surface area is 143 Å². The molecule has 2 heterocycles. The number of furan rings is 1. The van der Waals surface area contributed by atoms with E-state index in [2.05, 4.69) is 10.3 Å². The number of hydrogen-bond acceptors (Lipinski definition) is 5. The van der Waals surface area contributed by atoms with Crippen LogP contribution in [0.4, 0.5) is 5.13 Å². The molecule has 0 spiro atoms. The van der Waals surface area contributed by atoms with Gasteiger partial charge in [-0.1, -0.05) is 0 Å². The summed E-state index contributed by atoms with van der Waals surface area (Å²) in [6.45, 7) is 1.98. The molecule has 5 nitrogen and oxygen atoms in total. The fourth-order valence-corrected chi connectivity index (χ4v) is 3.00. The lowest BCUT2D eigenvalue weighted by molar-refractivity contribution is -0.111.